The molecule has 0 unspecified atom stereocenters. The van der Waals surface area contributed by atoms with Gasteiger partial charge in [0.15, 0.2) is 6.61 Å². The molecule has 3 amide bonds. The fraction of sp³-hybridized carbons (Fsp3) is 0.467. The molecule has 0 saturated carbocycles. The van der Waals surface area contributed by atoms with Crippen LogP contribution in [0.4, 0.5) is 4.79 Å². The molecule has 0 aliphatic rings. The van der Waals surface area contributed by atoms with E-state index in [1.807, 2.05) is 13.2 Å². The van der Waals surface area contributed by atoms with Crippen molar-refractivity contribution in [1.82, 2.24) is 30.2 Å². The van der Waals surface area contributed by atoms with Gasteiger partial charge in [-0.2, -0.15) is 4.98 Å². The first-order chi connectivity index (χ1) is 12.3. The predicted octanol–water partition coefficient (Wildman–Crippen LogP) is 0.394. The zero-order chi connectivity index (χ0) is 19.3. The van der Waals surface area contributed by atoms with Crippen molar-refractivity contribution in [2.75, 3.05) is 19.4 Å². The normalized spacial score (nSPS) is 10.6. The van der Waals surface area contributed by atoms with Crippen molar-refractivity contribution in [3.05, 3.63) is 17.0 Å². The van der Waals surface area contributed by atoms with Crippen LogP contribution in [0, 0.1) is 13.8 Å². The standard InChI is InChI=1S/C15H20N6O4S/c1-5-16-14(24)18-11(22)7-25-12(23)6-10-8(2)17-13-19-15(26-4)20-21(13)9(10)3/h5-7H2,1-4H3,(H2,16,18,22,24). The monoisotopic (exact) mass is 380 g/mol. The second-order valence-electron chi connectivity index (χ2n) is 5.32. The third-order valence-corrected chi connectivity index (χ3v) is 4.03. The first-order valence-electron chi connectivity index (χ1n) is 7.85. The highest BCUT2D eigenvalue weighted by Gasteiger charge is 2.17. The molecule has 26 heavy (non-hydrogen) atoms. The highest BCUT2D eigenvalue weighted by atomic mass is 32.2. The molecule has 0 aliphatic carbocycles. The van der Waals surface area contributed by atoms with Crippen LogP contribution in [-0.2, 0) is 20.7 Å². The number of ether oxygens (including phenoxy) is 1. The van der Waals surface area contributed by atoms with Gasteiger partial charge in [-0.3, -0.25) is 14.9 Å². The summed E-state index contributed by atoms with van der Waals surface area (Å²) in [5.41, 5.74) is 2.02. The first kappa shape index (κ1) is 19.6. The van der Waals surface area contributed by atoms with Gasteiger partial charge in [-0.25, -0.2) is 14.3 Å². The number of urea groups is 1. The average Bonchev–Trinajstić information content (AvgIpc) is 3.00. The van der Waals surface area contributed by atoms with Gasteiger partial charge in [-0.1, -0.05) is 11.8 Å². The van der Waals surface area contributed by atoms with E-state index < -0.39 is 24.5 Å². The number of hydrogen-bond acceptors (Lipinski definition) is 8. The number of amides is 3. The molecule has 0 spiro atoms. The molecule has 0 fully saturated rings. The lowest BCUT2D eigenvalue weighted by Crippen LogP contribution is -2.41. The molecule has 0 aromatic carbocycles. The minimum Gasteiger partial charge on any atom is -0.455 e. The van der Waals surface area contributed by atoms with Gasteiger partial charge in [0.1, 0.15) is 0 Å². The number of esters is 1. The molecular weight excluding hydrogens is 360 g/mol. The van der Waals surface area contributed by atoms with Crippen molar-refractivity contribution in [2.45, 2.75) is 32.3 Å². The van der Waals surface area contributed by atoms with Gasteiger partial charge < -0.3 is 10.1 Å². The molecule has 0 bridgehead atoms. The summed E-state index contributed by atoms with van der Waals surface area (Å²) in [7, 11) is 0. The quantitative estimate of drug-likeness (QED) is 0.544. The molecule has 0 radical (unpaired) electrons. The highest BCUT2D eigenvalue weighted by molar-refractivity contribution is 7.98. The van der Waals surface area contributed by atoms with Crippen LogP contribution >= 0.6 is 11.8 Å². The molecule has 2 rings (SSSR count). The second-order valence-corrected chi connectivity index (χ2v) is 6.09. The van der Waals surface area contributed by atoms with E-state index in [1.165, 1.54) is 11.8 Å². The fourth-order valence-electron chi connectivity index (χ4n) is 2.24. The van der Waals surface area contributed by atoms with E-state index in [1.54, 1.807) is 18.4 Å². The molecule has 11 heteroatoms. The number of carbonyl (C=O) groups is 3. The minimum absolute atomic E-state index is 0.0660. The van der Waals surface area contributed by atoms with Crippen LogP contribution in [0.25, 0.3) is 5.78 Å². The molecule has 2 N–H and O–H groups in total. The topological polar surface area (TPSA) is 128 Å². The number of hydrogen-bond donors (Lipinski definition) is 2. The Morgan fingerprint density at radius 2 is 1.96 bits per heavy atom. The summed E-state index contributed by atoms with van der Waals surface area (Å²) in [6.45, 7) is 5.14. The molecule has 0 saturated heterocycles. The van der Waals surface area contributed by atoms with Gasteiger partial charge in [0.2, 0.25) is 5.16 Å². The highest BCUT2D eigenvalue weighted by Crippen LogP contribution is 2.17. The maximum Gasteiger partial charge on any atom is 0.321 e. The van der Waals surface area contributed by atoms with Gasteiger partial charge in [0.05, 0.1) is 6.42 Å². The third-order valence-electron chi connectivity index (χ3n) is 3.49. The summed E-state index contributed by atoms with van der Waals surface area (Å²) >= 11 is 1.40. The van der Waals surface area contributed by atoms with Crippen molar-refractivity contribution in [3.63, 3.8) is 0 Å². The Bertz CT molecular complexity index is 850. The molecule has 0 atom stereocenters. The first-order valence-corrected chi connectivity index (χ1v) is 9.08. The Kier molecular flexibility index (Phi) is 6.50. The Hall–Kier alpha value is -2.69. The Labute approximate surface area is 154 Å². The van der Waals surface area contributed by atoms with Crippen molar-refractivity contribution in [1.29, 1.82) is 0 Å². The summed E-state index contributed by atoms with van der Waals surface area (Å²) in [4.78, 5) is 43.4. The summed E-state index contributed by atoms with van der Waals surface area (Å²) in [6, 6.07) is -0.634. The van der Waals surface area contributed by atoms with Crippen molar-refractivity contribution in [2.24, 2.45) is 0 Å². The molecule has 2 heterocycles. The maximum absolute atomic E-state index is 12.1. The van der Waals surface area contributed by atoms with E-state index in [2.05, 4.69) is 25.7 Å². The summed E-state index contributed by atoms with van der Waals surface area (Å²) in [5, 5.41) is 9.35. The van der Waals surface area contributed by atoms with E-state index in [4.69, 9.17) is 4.74 Å². The van der Waals surface area contributed by atoms with Gasteiger partial charge in [0.25, 0.3) is 11.7 Å². The van der Waals surface area contributed by atoms with Crippen LogP contribution in [-0.4, -0.2) is 56.9 Å². The predicted molar refractivity (Wildman–Crippen MR) is 93.9 cm³/mol. The number of aryl methyl sites for hydroxylation is 2. The summed E-state index contributed by atoms with van der Waals surface area (Å²) in [6.07, 6.45) is 1.80. The molecule has 0 aliphatic heterocycles. The van der Waals surface area contributed by atoms with Crippen LogP contribution in [0.15, 0.2) is 5.16 Å². The van der Waals surface area contributed by atoms with E-state index in [0.29, 0.717) is 28.7 Å². The van der Waals surface area contributed by atoms with Crippen molar-refractivity contribution in [3.8, 4) is 0 Å². The summed E-state index contributed by atoms with van der Waals surface area (Å²) in [5.74, 6) is -0.844. The number of carbonyl (C=O) groups excluding carboxylic acids is 3. The maximum atomic E-state index is 12.1. The zero-order valence-electron chi connectivity index (χ0n) is 15.0. The summed E-state index contributed by atoms with van der Waals surface area (Å²) < 4.78 is 6.50. The fourth-order valence-corrected chi connectivity index (χ4v) is 2.58. The van der Waals surface area contributed by atoms with E-state index in [-0.39, 0.29) is 6.42 Å². The molecule has 2 aromatic rings. The van der Waals surface area contributed by atoms with Gasteiger partial charge in [-0.05, 0) is 27.0 Å². The molecular formula is C15H20N6O4S. The van der Waals surface area contributed by atoms with Crippen LogP contribution in [0.5, 0.6) is 0 Å². The van der Waals surface area contributed by atoms with E-state index in [9.17, 15) is 14.4 Å². The largest absolute Gasteiger partial charge is 0.455 e. The number of fused-ring (bicyclic) bond motifs is 1. The van der Waals surface area contributed by atoms with Crippen LogP contribution in [0.3, 0.4) is 0 Å². The smallest absolute Gasteiger partial charge is 0.321 e. The average molecular weight is 380 g/mol. The second kappa shape index (κ2) is 8.61. The number of imide groups is 1. The third kappa shape index (κ3) is 4.69. The van der Waals surface area contributed by atoms with Gasteiger partial charge >= 0.3 is 12.0 Å². The number of nitrogens with one attached hydrogen (secondary N) is 2. The number of rotatable bonds is 6. The van der Waals surface area contributed by atoms with E-state index >= 15 is 0 Å². The van der Waals surface area contributed by atoms with Crippen molar-refractivity contribution >= 4 is 35.4 Å². The van der Waals surface area contributed by atoms with Gasteiger partial charge in [0, 0.05) is 23.5 Å². The SMILES string of the molecule is CCNC(=O)NC(=O)COC(=O)Cc1c(C)nc2nc(SC)nn2c1C. The van der Waals surface area contributed by atoms with Crippen LogP contribution in [0.1, 0.15) is 23.9 Å². The minimum atomic E-state index is -0.702. The Morgan fingerprint density at radius 1 is 1.23 bits per heavy atom. The lowest BCUT2D eigenvalue weighted by Gasteiger charge is -2.10. The molecule has 140 valence electrons. The van der Waals surface area contributed by atoms with E-state index in [0.717, 1.165) is 5.69 Å². The molecule has 2 aromatic heterocycles. The lowest BCUT2D eigenvalue weighted by molar-refractivity contribution is -0.147. The Balaban J connectivity index is 2.02. The van der Waals surface area contributed by atoms with Crippen molar-refractivity contribution < 1.29 is 19.1 Å². The number of nitrogens with zero attached hydrogens (tertiary/aromatic N) is 4. The lowest BCUT2D eigenvalue weighted by atomic mass is 10.1. The van der Waals surface area contributed by atoms with Crippen LogP contribution in [0.2, 0.25) is 0 Å². The Morgan fingerprint density at radius 3 is 2.62 bits per heavy atom. The van der Waals surface area contributed by atoms with Crippen LogP contribution < -0.4 is 10.6 Å². The zero-order valence-corrected chi connectivity index (χ0v) is 15.8. The molecule has 10 nitrogen and oxygen atoms in total. The van der Waals surface area contributed by atoms with Gasteiger partial charge in [-0.15, -0.1) is 5.10 Å². The number of aromatic nitrogens is 4. The number of thioether (sulfide) groups is 1.